The number of para-hydroxylation sites is 3. The highest BCUT2D eigenvalue weighted by Gasteiger charge is 2.26. The molecule has 6 heteroatoms. The third kappa shape index (κ3) is 3.97. The summed E-state index contributed by atoms with van der Waals surface area (Å²) in [7, 11) is 0. The van der Waals surface area contributed by atoms with E-state index in [1.54, 1.807) is 0 Å². The second-order valence-corrected chi connectivity index (χ2v) is 8.34. The van der Waals surface area contributed by atoms with Crippen LogP contribution >= 0.6 is 11.8 Å². The first-order valence-corrected chi connectivity index (χ1v) is 10.5. The van der Waals surface area contributed by atoms with Crippen molar-refractivity contribution in [3.8, 4) is 0 Å². The fraction of sp³-hybridized carbons (Fsp3) is 0.318. The van der Waals surface area contributed by atoms with Crippen molar-refractivity contribution in [2.24, 2.45) is 0 Å². The number of aryl methyl sites for hydroxylation is 1. The predicted molar refractivity (Wildman–Crippen MR) is 115 cm³/mol. The number of nitrogens with zero attached hydrogens (tertiary/aromatic N) is 4. The van der Waals surface area contributed by atoms with Gasteiger partial charge in [0, 0.05) is 31.9 Å². The minimum absolute atomic E-state index is 0.173. The van der Waals surface area contributed by atoms with Crippen LogP contribution in [0.15, 0.2) is 59.6 Å². The summed E-state index contributed by atoms with van der Waals surface area (Å²) in [5.41, 5.74) is 3.85. The SMILES string of the molecule is Cc1nc2ccccc2nc1SC(C)C(=O)N1CCN(c2ccccc2)CC1. The molecule has 0 bridgehead atoms. The van der Waals surface area contributed by atoms with Crippen LogP contribution in [0.1, 0.15) is 12.6 Å². The van der Waals surface area contributed by atoms with Crippen LogP contribution in [0, 0.1) is 6.92 Å². The van der Waals surface area contributed by atoms with Crippen LogP contribution < -0.4 is 4.90 Å². The Kier molecular flexibility index (Phi) is 5.48. The zero-order valence-electron chi connectivity index (χ0n) is 16.2. The Hall–Kier alpha value is -2.60. The molecule has 4 rings (SSSR count). The van der Waals surface area contributed by atoms with Crippen molar-refractivity contribution < 1.29 is 4.79 Å². The average Bonchev–Trinajstić information content (AvgIpc) is 2.74. The normalized spacial score (nSPS) is 15.6. The molecule has 3 aromatic rings. The molecular weight excluding hydrogens is 368 g/mol. The zero-order valence-corrected chi connectivity index (χ0v) is 17.0. The number of benzene rings is 2. The molecule has 1 atom stereocenters. The maximum absolute atomic E-state index is 13.0. The van der Waals surface area contributed by atoms with Crippen LogP contribution in [0.2, 0.25) is 0 Å². The lowest BCUT2D eigenvalue weighted by Crippen LogP contribution is -2.50. The van der Waals surface area contributed by atoms with Crippen molar-refractivity contribution in [1.29, 1.82) is 0 Å². The van der Waals surface area contributed by atoms with Gasteiger partial charge in [-0.3, -0.25) is 4.79 Å². The number of fused-ring (bicyclic) bond motifs is 1. The van der Waals surface area contributed by atoms with Gasteiger partial charge in [0.15, 0.2) is 0 Å². The summed E-state index contributed by atoms with van der Waals surface area (Å²) in [6, 6.07) is 18.2. The van der Waals surface area contributed by atoms with Gasteiger partial charge in [-0.15, -0.1) is 0 Å². The number of piperazine rings is 1. The van der Waals surface area contributed by atoms with E-state index in [4.69, 9.17) is 4.98 Å². The predicted octanol–water partition coefficient (Wildman–Crippen LogP) is 3.77. The topological polar surface area (TPSA) is 49.3 Å². The van der Waals surface area contributed by atoms with Gasteiger partial charge in [0.05, 0.1) is 22.0 Å². The van der Waals surface area contributed by atoms with Gasteiger partial charge < -0.3 is 9.80 Å². The Morgan fingerprint density at radius 1 is 0.929 bits per heavy atom. The molecule has 0 spiro atoms. The average molecular weight is 393 g/mol. The molecule has 5 nitrogen and oxygen atoms in total. The van der Waals surface area contributed by atoms with E-state index in [2.05, 4.69) is 34.1 Å². The standard InChI is InChI=1S/C22H24N4OS/c1-16-21(24-20-11-7-6-10-19(20)23-16)28-17(2)22(27)26-14-12-25(13-15-26)18-8-4-3-5-9-18/h3-11,17H,12-15H2,1-2H3. The molecule has 1 fully saturated rings. The van der Waals surface area contributed by atoms with Gasteiger partial charge in [0.1, 0.15) is 5.03 Å². The number of carbonyl (C=O) groups is 1. The Labute approximate surface area is 169 Å². The summed E-state index contributed by atoms with van der Waals surface area (Å²) >= 11 is 1.51. The first-order chi connectivity index (χ1) is 13.6. The van der Waals surface area contributed by atoms with Crippen molar-refractivity contribution in [3.05, 3.63) is 60.3 Å². The zero-order chi connectivity index (χ0) is 19.5. The number of rotatable bonds is 4. The summed E-state index contributed by atoms with van der Waals surface area (Å²) in [4.78, 5) is 26.6. The molecule has 0 aliphatic carbocycles. The lowest BCUT2D eigenvalue weighted by Gasteiger charge is -2.37. The van der Waals surface area contributed by atoms with E-state index >= 15 is 0 Å². The lowest BCUT2D eigenvalue weighted by molar-refractivity contribution is -0.130. The van der Waals surface area contributed by atoms with Crippen molar-refractivity contribution >= 4 is 34.4 Å². The number of carbonyl (C=O) groups excluding carboxylic acids is 1. The van der Waals surface area contributed by atoms with Crippen LogP contribution in [-0.4, -0.2) is 52.2 Å². The second-order valence-electron chi connectivity index (χ2n) is 7.01. The molecule has 1 unspecified atom stereocenters. The number of amides is 1. The molecule has 0 N–H and O–H groups in total. The molecule has 2 aromatic carbocycles. The largest absolute Gasteiger partial charge is 0.368 e. The van der Waals surface area contributed by atoms with Gasteiger partial charge in [0.25, 0.3) is 0 Å². The molecular formula is C22H24N4OS. The van der Waals surface area contributed by atoms with Crippen LogP contribution in [0.5, 0.6) is 0 Å². The fourth-order valence-corrected chi connectivity index (χ4v) is 4.43. The molecule has 0 saturated carbocycles. The summed E-state index contributed by atoms with van der Waals surface area (Å²) in [5.74, 6) is 0.173. The van der Waals surface area contributed by atoms with Gasteiger partial charge in [-0.1, -0.05) is 42.1 Å². The summed E-state index contributed by atoms with van der Waals surface area (Å²) in [6.07, 6.45) is 0. The Bertz CT molecular complexity index is 971. The monoisotopic (exact) mass is 392 g/mol. The summed E-state index contributed by atoms with van der Waals surface area (Å²) < 4.78 is 0. The van der Waals surface area contributed by atoms with Crippen LogP contribution in [0.25, 0.3) is 11.0 Å². The summed E-state index contributed by atoms with van der Waals surface area (Å²) in [6.45, 7) is 7.15. The first-order valence-electron chi connectivity index (χ1n) is 9.60. The lowest BCUT2D eigenvalue weighted by atomic mass is 10.2. The molecule has 1 aliphatic rings. The molecule has 1 aromatic heterocycles. The van der Waals surface area contributed by atoms with Gasteiger partial charge in [-0.2, -0.15) is 0 Å². The highest BCUT2D eigenvalue weighted by atomic mass is 32.2. The molecule has 0 radical (unpaired) electrons. The molecule has 1 aliphatic heterocycles. The highest BCUT2D eigenvalue weighted by molar-refractivity contribution is 8.00. The maximum Gasteiger partial charge on any atom is 0.235 e. The van der Waals surface area contributed by atoms with Crippen molar-refractivity contribution in [3.63, 3.8) is 0 Å². The van der Waals surface area contributed by atoms with Crippen molar-refractivity contribution in [1.82, 2.24) is 14.9 Å². The van der Waals surface area contributed by atoms with Crippen LogP contribution in [0.3, 0.4) is 0 Å². The number of thioether (sulfide) groups is 1. The van der Waals surface area contributed by atoms with E-state index in [1.807, 2.05) is 49.1 Å². The smallest absolute Gasteiger partial charge is 0.235 e. The molecule has 144 valence electrons. The second kappa shape index (κ2) is 8.19. The third-order valence-corrected chi connectivity index (χ3v) is 6.22. The Morgan fingerprint density at radius 3 is 2.21 bits per heavy atom. The third-order valence-electron chi connectivity index (χ3n) is 5.05. The van der Waals surface area contributed by atoms with Gasteiger partial charge in [-0.25, -0.2) is 9.97 Å². The molecule has 1 saturated heterocycles. The first kappa shape index (κ1) is 18.7. The highest BCUT2D eigenvalue weighted by Crippen LogP contribution is 2.27. The van der Waals surface area contributed by atoms with Gasteiger partial charge in [0.2, 0.25) is 5.91 Å². The Morgan fingerprint density at radius 2 is 1.54 bits per heavy atom. The number of hydrogen-bond acceptors (Lipinski definition) is 5. The number of hydrogen-bond donors (Lipinski definition) is 0. The van der Waals surface area contributed by atoms with E-state index in [0.29, 0.717) is 0 Å². The van der Waals surface area contributed by atoms with E-state index in [-0.39, 0.29) is 11.2 Å². The van der Waals surface area contributed by atoms with Gasteiger partial charge in [-0.05, 0) is 38.1 Å². The quantitative estimate of drug-likeness (QED) is 0.633. The molecule has 2 heterocycles. The molecule has 28 heavy (non-hydrogen) atoms. The fourth-order valence-electron chi connectivity index (χ4n) is 3.48. The van der Waals surface area contributed by atoms with Crippen LogP contribution in [-0.2, 0) is 4.79 Å². The van der Waals surface area contributed by atoms with E-state index in [0.717, 1.165) is 47.9 Å². The van der Waals surface area contributed by atoms with Crippen molar-refractivity contribution in [2.75, 3.05) is 31.1 Å². The number of aromatic nitrogens is 2. The summed E-state index contributed by atoms with van der Waals surface area (Å²) in [5, 5.41) is 0.653. The Balaban J connectivity index is 1.40. The van der Waals surface area contributed by atoms with Crippen LogP contribution in [0.4, 0.5) is 5.69 Å². The maximum atomic E-state index is 13.0. The minimum Gasteiger partial charge on any atom is -0.368 e. The molecule has 1 amide bonds. The van der Waals surface area contributed by atoms with Crippen molar-refractivity contribution in [2.45, 2.75) is 24.1 Å². The van der Waals surface area contributed by atoms with E-state index in [1.165, 1.54) is 17.4 Å². The number of anilines is 1. The van der Waals surface area contributed by atoms with E-state index < -0.39 is 0 Å². The minimum atomic E-state index is -0.183. The van der Waals surface area contributed by atoms with E-state index in [9.17, 15) is 4.79 Å². The van der Waals surface area contributed by atoms with Gasteiger partial charge >= 0.3 is 0 Å².